The quantitative estimate of drug-likeness (QED) is 0.714. The second-order valence-corrected chi connectivity index (χ2v) is 9.75. The van der Waals surface area contributed by atoms with Crippen molar-refractivity contribution in [2.24, 2.45) is 5.92 Å². The fourth-order valence-electron chi connectivity index (χ4n) is 4.72. The number of carbonyl (C=O) groups is 1. The molecule has 29 heavy (non-hydrogen) atoms. The lowest BCUT2D eigenvalue weighted by Crippen LogP contribution is -2.52. The summed E-state index contributed by atoms with van der Waals surface area (Å²) in [6, 6.07) is 14.4. The molecule has 4 heterocycles. The Balaban J connectivity index is 1.31. The van der Waals surface area contributed by atoms with Gasteiger partial charge in [-0.3, -0.25) is 4.90 Å². The van der Waals surface area contributed by atoms with Crippen LogP contribution >= 0.6 is 23.4 Å². The Bertz CT molecular complexity index is 896. The van der Waals surface area contributed by atoms with Crippen molar-refractivity contribution in [3.8, 4) is 11.1 Å². The molecular formula is C23H25ClN2O2S. The summed E-state index contributed by atoms with van der Waals surface area (Å²) in [4.78, 5) is 16.3. The molecule has 2 atom stereocenters. The van der Waals surface area contributed by atoms with Crippen molar-refractivity contribution in [3.63, 3.8) is 0 Å². The Morgan fingerprint density at radius 3 is 2.55 bits per heavy atom. The van der Waals surface area contributed by atoms with E-state index in [4.69, 9.17) is 16.3 Å². The van der Waals surface area contributed by atoms with Crippen molar-refractivity contribution in [3.05, 3.63) is 53.1 Å². The zero-order valence-electron chi connectivity index (χ0n) is 16.3. The summed E-state index contributed by atoms with van der Waals surface area (Å²) in [7, 11) is 0. The van der Waals surface area contributed by atoms with Gasteiger partial charge in [0.25, 0.3) is 0 Å². The Morgan fingerprint density at radius 2 is 1.83 bits per heavy atom. The molecule has 1 amide bonds. The number of hydrogen-bond donors (Lipinski definition) is 1. The van der Waals surface area contributed by atoms with Crippen molar-refractivity contribution < 1.29 is 9.53 Å². The van der Waals surface area contributed by atoms with Gasteiger partial charge in [0.05, 0.1) is 6.04 Å². The van der Waals surface area contributed by atoms with Gasteiger partial charge < -0.3 is 10.1 Å². The van der Waals surface area contributed by atoms with E-state index in [0.717, 1.165) is 60.8 Å². The van der Waals surface area contributed by atoms with E-state index in [0.29, 0.717) is 5.92 Å². The summed E-state index contributed by atoms with van der Waals surface area (Å²) < 4.78 is 5.86. The van der Waals surface area contributed by atoms with E-state index in [1.54, 1.807) is 0 Å². The van der Waals surface area contributed by atoms with Gasteiger partial charge in [0.2, 0.25) is 0 Å². The third-order valence-electron chi connectivity index (χ3n) is 6.37. The number of alkyl carbamates (subject to hydrolysis) is 1. The van der Waals surface area contributed by atoms with Crippen molar-refractivity contribution in [1.82, 2.24) is 10.2 Å². The molecule has 3 saturated heterocycles. The van der Waals surface area contributed by atoms with Crippen molar-refractivity contribution in [1.29, 1.82) is 0 Å². The number of nitrogens with zero attached hydrogens (tertiary/aromatic N) is 1. The lowest BCUT2D eigenvalue weighted by Gasteiger charge is -2.44. The highest BCUT2D eigenvalue weighted by Gasteiger charge is 2.37. The molecular weight excluding hydrogens is 404 g/mol. The topological polar surface area (TPSA) is 41.6 Å². The second-order valence-electron chi connectivity index (χ2n) is 8.18. The van der Waals surface area contributed by atoms with Crippen LogP contribution in [0, 0.1) is 5.92 Å². The van der Waals surface area contributed by atoms with Crippen LogP contribution in [0.2, 0.25) is 5.02 Å². The zero-order valence-corrected chi connectivity index (χ0v) is 17.8. The van der Waals surface area contributed by atoms with Crippen LogP contribution in [0.15, 0.2) is 47.4 Å². The molecule has 2 aromatic carbocycles. The van der Waals surface area contributed by atoms with Crippen LogP contribution in [0.5, 0.6) is 0 Å². The van der Waals surface area contributed by atoms with Crippen LogP contribution in [0.25, 0.3) is 11.1 Å². The number of carbonyl (C=O) groups excluding carboxylic acids is 1. The van der Waals surface area contributed by atoms with E-state index in [-0.39, 0.29) is 18.2 Å². The Morgan fingerprint density at radius 1 is 1.07 bits per heavy atom. The normalized spacial score (nSPS) is 27.9. The van der Waals surface area contributed by atoms with Gasteiger partial charge in [0.15, 0.2) is 0 Å². The van der Waals surface area contributed by atoms with Gasteiger partial charge in [-0.15, -0.1) is 11.8 Å². The summed E-state index contributed by atoms with van der Waals surface area (Å²) in [5.41, 5.74) is 3.45. The Labute approximate surface area is 180 Å². The summed E-state index contributed by atoms with van der Waals surface area (Å²) in [5, 5.41) is 3.89. The maximum Gasteiger partial charge on any atom is 0.407 e. The molecule has 1 unspecified atom stereocenters. The summed E-state index contributed by atoms with van der Waals surface area (Å²) in [6.45, 7) is 3.18. The summed E-state index contributed by atoms with van der Waals surface area (Å²) in [6.07, 6.45) is 2.96. The van der Waals surface area contributed by atoms with E-state index >= 15 is 0 Å². The molecule has 0 aromatic heterocycles. The number of halogens is 1. The minimum Gasteiger partial charge on any atom is -0.445 e. The monoisotopic (exact) mass is 428 g/mol. The average molecular weight is 429 g/mol. The van der Waals surface area contributed by atoms with E-state index < -0.39 is 0 Å². The maximum absolute atomic E-state index is 12.7. The number of piperidine rings is 3. The van der Waals surface area contributed by atoms with Crippen LogP contribution in [-0.2, 0) is 4.74 Å². The van der Waals surface area contributed by atoms with Crippen LogP contribution in [0.4, 0.5) is 4.79 Å². The Kier molecular flexibility index (Phi) is 5.46. The molecule has 152 valence electrons. The number of rotatable bonds is 3. The van der Waals surface area contributed by atoms with Gasteiger partial charge in [-0.1, -0.05) is 29.8 Å². The number of hydrogen-bond acceptors (Lipinski definition) is 4. The molecule has 0 aliphatic carbocycles. The van der Waals surface area contributed by atoms with Gasteiger partial charge >= 0.3 is 6.09 Å². The highest BCUT2D eigenvalue weighted by molar-refractivity contribution is 7.99. The smallest absolute Gasteiger partial charge is 0.407 e. The highest BCUT2D eigenvalue weighted by atomic mass is 35.5. The van der Waals surface area contributed by atoms with Gasteiger partial charge in [0.1, 0.15) is 6.10 Å². The minimum atomic E-state index is -0.275. The van der Waals surface area contributed by atoms with Gasteiger partial charge in [-0.2, -0.15) is 0 Å². The first kappa shape index (κ1) is 19.3. The van der Waals surface area contributed by atoms with Crippen LogP contribution in [0.3, 0.4) is 0 Å². The molecule has 6 rings (SSSR count). The average Bonchev–Trinajstić information content (AvgIpc) is 2.75. The van der Waals surface area contributed by atoms with Crippen LogP contribution in [0.1, 0.15) is 30.9 Å². The largest absolute Gasteiger partial charge is 0.445 e. The van der Waals surface area contributed by atoms with Crippen molar-refractivity contribution >= 4 is 29.5 Å². The van der Waals surface area contributed by atoms with Gasteiger partial charge in [-0.25, -0.2) is 4.79 Å². The van der Waals surface area contributed by atoms with Crippen LogP contribution in [-0.4, -0.2) is 42.5 Å². The lowest BCUT2D eigenvalue weighted by atomic mass is 9.86. The molecule has 0 saturated carbocycles. The second kappa shape index (κ2) is 8.21. The summed E-state index contributed by atoms with van der Waals surface area (Å²) in [5.74, 6) is 1.52. The van der Waals surface area contributed by atoms with E-state index in [9.17, 15) is 4.79 Å². The lowest BCUT2D eigenvalue weighted by molar-refractivity contribution is -0.0339. The van der Waals surface area contributed by atoms with Gasteiger partial charge in [-0.05, 0) is 79.2 Å². The predicted octanol–water partition coefficient (Wildman–Crippen LogP) is 5.36. The maximum atomic E-state index is 12.7. The number of amides is 1. The number of ether oxygens (including phenoxy) is 1. The van der Waals surface area contributed by atoms with E-state index in [1.807, 2.05) is 36.0 Å². The highest BCUT2D eigenvalue weighted by Crippen LogP contribution is 2.39. The standard InChI is InChI=1S/C23H25ClN2O2S/c24-18-4-1-15(2-5-18)17-3-6-22-19(13-17)20(9-12-29-22)25-23(27)28-21-14-26-10-7-16(21)8-11-26/h1-6,13,16,20-21H,7-12,14H2,(H,25,27)/t20?,21-/m0/s1. The predicted molar refractivity (Wildman–Crippen MR) is 118 cm³/mol. The molecule has 4 aliphatic rings. The SMILES string of the molecule is O=C(NC1CCSc2ccc(-c3ccc(Cl)cc3)cc21)O[C@H]1CN2CCC1CC2. The fraction of sp³-hybridized carbons (Fsp3) is 0.435. The molecule has 1 N–H and O–H groups in total. The van der Waals surface area contributed by atoms with Gasteiger partial charge in [0, 0.05) is 22.2 Å². The first-order valence-corrected chi connectivity index (χ1v) is 11.7. The molecule has 2 bridgehead atoms. The molecule has 6 heteroatoms. The molecule has 0 spiro atoms. The number of thioether (sulfide) groups is 1. The number of fused-ring (bicyclic) bond motifs is 4. The van der Waals surface area contributed by atoms with Crippen molar-refractivity contribution in [2.45, 2.75) is 36.3 Å². The third kappa shape index (κ3) is 4.14. The van der Waals surface area contributed by atoms with E-state index in [2.05, 4.69) is 28.4 Å². The first-order valence-electron chi connectivity index (χ1n) is 10.4. The van der Waals surface area contributed by atoms with E-state index in [1.165, 1.54) is 10.5 Å². The third-order valence-corrected chi connectivity index (χ3v) is 7.75. The molecule has 0 radical (unpaired) electrons. The Hall–Kier alpha value is -1.69. The number of benzene rings is 2. The minimum absolute atomic E-state index is 0.00733. The summed E-state index contributed by atoms with van der Waals surface area (Å²) >= 11 is 7.88. The number of nitrogens with one attached hydrogen (secondary N) is 1. The molecule has 4 nitrogen and oxygen atoms in total. The van der Waals surface area contributed by atoms with Crippen LogP contribution < -0.4 is 5.32 Å². The molecule has 4 aliphatic heterocycles. The zero-order chi connectivity index (χ0) is 19.8. The van der Waals surface area contributed by atoms with Crippen molar-refractivity contribution in [2.75, 3.05) is 25.4 Å². The molecule has 3 fully saturated rings. The molecule has 2 aromatic rings. The fourth-order valence-corrected chi connectivity index (χ4v) is 5.96. The first-order chi connectivity index (χ1) is 14.2.